The van der Waals surface area contributed by atoms with Crippen molar-refractivity contribution < 1.29 is 19.5 Å². The summed E-state index contributed by atoms with van der Waals surface area (Å²) in [6, 6.07) is 13.8. The zero-order valence-corrected chi connectivity index (χ0v) is 20.2. The van der Waals surface area contributed by atoms with Gasteiger partial charge in [-0.25, -0.2) is 0 Å². The Morgan fingerprint density at radius 3 is 2.64 bits per heavy atom. The van der Waals surface area contributed by atoms with Crippen LogP contribution in [0.15, 0.2) is 48.5 Å². The zero-order chi connectivity index (χ0) is 25.2. The van der Waals surface area contributed by atoms with Gasteiger partial charge in [-0.15, -0.1) is 0 Å². The van der Waals surface area contributed by atoms with E-state index < -0.39 is 17.4 Å². The number of amides is 3. The van der Waals surface area contributed by atoms with Crippen molar-refractivity contribution in [2.45, 2.75) is 49.9 Å². The van der Waals surface area contributed by atoms with Crippen molar-refractivity contribution in [2.75, 3.05) is 6.61 Å². The first kappa shape index (κ1) is 23.0. The normalized spacial score (nSPS) is 28.1. The fraction of sp³-hybridized carbons (Fsp3) is 0.385. The van der Waals surface area contributed by atoms with Crippen LogP contribution in [0.1, 0.15) is 41.2 Å². The average Bonchev–Trinajstić information content (AvgIpc) is 3.72. The van der Waals surface area contributed by atoms with Crippen LogP contribution in [0.25, 0.3) is 10.9 Å². The first-order valence-electron chi connectivity index (χ1n) is 12.0. The first-order chi connectivity index (χ1) is 17.3. The number of carbonyl (C=O) groups is 3. The third-order valence-corrected chi connectivity index (χ3v) is 8.27. The summed E-state index contributed by atoms with van der Waals surface area (Å²) in [5, 5.41) is 18.7. The number of hydrogen-bond donors (Lipinski definition) is 3. The molecule has 36 heavy (non-hydrogen) atoms. The van der Waals surface area contributed by atoms with E-state index in [-0.39, 0.29) is 48.7 Å². The molecule has 5 atom stereocenters. The lowest BCUT2D eigenvalue weighted by Gasteiger charge is -2.27. The number of rotatable bonds is 7. The van der Waals surface area contributed by atoms with E-state index >= 15 is 0 Å². The molecule has 0 unspecified atom stereocenters. The van der Waals surface area contributed by atoms with E-state index in [2.05, 4.69) is 10.4 Å². The minimum atomic E-state index is -0.673. The van der Waals surface area contributed by atoms with Gasteiger partial charge in [0.25, 0.3) is 5.91 Å². The summed E-state index contributed by atoms with van der Waals surface area (Å²) in [7, 11) is 0. The molecule has 3 aliphatic rings. The van der Waals surface area contributed by atoms with Gasteiger partial charge in [-0.05, 0) is 37.0 Å². The number of aliphatic hydroxyl groups excluding tert-OH is 1. The third kappa shape index (κ3) is 3.65. The van der Waals surface area contributed by atoms with E-state index in [4.69, 9.17) is 17.3 Å². The third-order valence-electron chi connectivity index (χ3n) is 7.92. The number of nitrogens with two attached hydrogens (primary N) is 1. The Kier molecular flexibility index (Phi) is 5.31. The molecule has 2 aromatic carbocycles. The molecule has 9 nitrogen and oxygen atoms in total. The van der Waals surface area contributed by atoms with Crippen molar-refractivity contribution in [3.63, 3.8) is 0 Å². The Balaban J connectivity index is 1.21. The molecular weight excluding hydrogens is 482 g/mol. The number of likely N-dealkylation sites (tertiary alicyclic amines) is 1. The van der Waals surface area contributed by atoms with Crippen LogP contribution < -0.4 is 11.1 Å². The summed E-state index contributed by atoms with van der Waals surface area (Å²) < 4.78 is 1.46. The highest BCUT2D eigenvalue weighted by Crippen LogP contribution is 2.59. The molecule has 3 fully saturated rings. The van der Waals surface area contributed by atoms with Crippen molar-refractivity contribution >= 4 is 40.2 Å². The summed E-state index contributed by atoms with van der Waals surface area (Å²) in [5.74, 6) is -1.02. The van der Waals surface area contributed by atoms with Crippen molar-refractivity contribution in [1.82, 2.24) is 20.0 Å². The highest BCUT2D eigenvalue weighted by atomic mass is 35.5. The first-order valence-corrected chi connectivity index (χ1v) is 12.4. The van der Waals surface area contributed by atoms with Gasteiger partial charge in [-0.1, -0.05) is 48.0 Å². The maximum absolute atomic E-state index is 13.5. The minimum absolute atomic E-state index is 0.0375. The number of halogens is 1. The van der Waals surface area contributed by atoms with Gasteiger partial charge < -0.3 is 21.1 Å². The lowest BCUT2D eigenvalue weighted by Crippen LogP contribution is -2.49. The Bertz CT molecular complexity index is 1410. The van der Waals surface area contributed by atoms with Crippen molar-refractivity contribution in [2.24, 2.45) is 11.1 Å². The molecule has 10 heteroatoms. The quantitative estimate of drug-likeness (QED) is 0.449. The number of primary amides is 1. The van der Waals surface area contributed by atoms with Gasteiger partial charge in [0.2, 0.25) is 11.8 Å². The summed E-state index contributed by atoms with van der Waals surface area (Å²) in [6.45, 7) is -0.214. The number of nitrogens with zero attached hydrogens (tertiary/aromatic N) is 3. The number of aliphatic hydroxyl groups is 1. The molecule has 3 aromatic rings. The van der Waals surface area contributed by atoms with E-state index in [0.29, 0.717) is 28.8 Å². The van der Waals surface area contributed by atoms with E-state index in [1.54, 1.807) is 29.2 Å². The zero-order valence-electron chi connectivity index (χ0n) is 19.4. The van der Waals surface area contributed by atoms with Crippen molar-refractivity contribution in [3.05, 3.63) is 64.8 Å². The molecule has 1 saturated heterocycles. The monoisotopic (exact) mass is 507 g/mol. The molecule has 2 saturated carbocycles. The number of para-hydroxylation sites is 1. The number of piperidine rings is 1. The van der Waals surface area contributed by atoms with Gasteiger partial charge in [0.15, 0.2) is 5.69 Å². The molecule has 0 spiro atoms. The predicted molar refractivity (Wildman–Crippen MR) is 132 cm³/mol. The number of benzene rings is 2. The Labute approximate surface area is 212 Å². The predicted octanol–water partition coefficient (Wildman–Crippen LogP) is 1.81. The van der Waals surface area contributed by atoms with Crippen molar-refractivity contribution in [3.8, 4) is 0 Å². The molecule has 186 valence electrons. The van der Waals surface area contributed by atoms with E-state index in [1.807, 2.05) is 24.3 Å². The maximum atomic E-state index is 13.5. The molecule has 2 heterocycles. The molecule has 1 aliphatic heterocycles. The van der Waals surface area contributed by atoms with Crippen LogP contribution in [0, 0.1) is 5.41 Å². The summed E-state index contributed by atoms with van der Waals surface area (Å²) in [4.78, 5) is 40.4. The SMILES string of the molecule is NC(=O)c1nn(CC(=O)N2[C@H](C(=O)N[C@@H]3C[C@H]3c3ccccc3Cl)C[C@@]3(CO)C[C@@H]23)c2ccccc12. The maximum Gasteiger partial charge on any atom is 0.269 e. The Morgan fingerprint density at radius 2 is 1.89 bits per heavy atom. The number of aromatic nitrogens is 2. The van der Waals surface area contributed by atoms with Gasteiger partial charge in [0.05, 0.1) is 12.1 Å². The standard InChI is InChI=1S/C26H26ClN5O4/c27-17-7-3-1-5-14(17)16-9-18(16)29-25(36)20-10-26(13-33)11-21(26)32(20)22(34)12-31-19-8-4-2-6-15(19)23(30-31)24(28)35/h1-8,16,18,20-21,33H,9-13H2,(H2,28,35)(H,29,36)/t16-,18+,20-,21+,26-/m0/s1. The molecule has 0 radical (unpaired) electrons. The van der Waals surface area contributed by atoms with Crippen LogP contribution in [-0.4, -0.2) is 62.2 Å². The summed E-state index contributed by atoms with van der Waals surface area (Å²) in [6.07, 6.45) is 1.87. The number of nitrogens with one attached hydrogen (secondary N) is 1. The van der Waals surface area contributed by atoms with Gasteiger partial charge in [0.1, 0.15) is 12.6 Å². The second-order valence-corrected chi connectivity index (χ2v) is 10.5. The van der Waals surface area contributed by atoms with Crippen molar-refractivity contribution in [1.29, 1.82) is 0 Å². The second-order valence-electron chi connectivity index (χ2n) is 10.1. The number of carbonyl (C=O) groups excluding carboxylic acids is 3. The smallest absolute Gasteiger partial charge is 0.269 e. The fourth-order valence-corrected chi connectivity index (χ4v) is 6.11. The summed E-state index contributed by atoms with van der Waals surface area (Å²) in [5.41, 5.74) is 6.78. The fourth-order valence-electron chi connectivity index (χ4n) is 5.83. The molecule has 2 aliphatic carbocycles. The molecule has 4 N–H and O–H groups in total. The van der Waals surface area contributed by atoms with Crippen LogP contribution in [-0.2, 0) is 16.1 Å². The molecule has 6 rings (SSSR count). The highest BCUT2D eigenvalue weighted by molar-refractivity contribution is 6.31. The van der Waals surface area contributed by atoms with Gasteiger partial charge in [0, 0.05) is 33.8 Å². The van der Waals surface area contributed by atoms with Crippen LogP contribution >= 0.6 is 11.6 Å². The molecular formula is C26H26ClN5O4. The number of hydrogen-bond acceptors (Lipinski definition) is 5. The van der Waals surface area contributed by atoms with Gasteiger partial charge >= 0.3 is 0 Å². The van der Waals surface area contributed by atoms with Gasteiger partial charge in [-0.3, -0.25) is 19.1 Å². The van der Waals surface area contributed by atoms with Crippen LogP contribution in [0.4, 0.5) is 0 Å². The van der Waals surface area contributed by atoms with E-state index in [9.17, 15) is 19.5 Å². The van der Waals surface area contributed by atoms with Crippen LogP contribution in [0.5, 0.6) is 0 Å². The van der Waals surface area contributed by atoms with Crippen LogP contribution in [0.2, 0.25) is 5.02 Å². The number of fused-ring (bicyclic) bond motifs is 2. The van der Waals surface area contributed by atoms with Gasteiger partial charge in [-0.2, -0.15) is 5.10 Å². The Hall–Kier alpha value is -3.43. The minimum Gasteiger partial charge on any atom is -0.396 e. The molecule has 3 amide bonds. The summed E-state index contributed by atoms with van der Waals surface area (Å²) >= 11 is 6.32. The average molecular weight is 508 g/mol. The van der Waals surface area contributed by atoms with Crippen LogP contribution in [0.3, 0.4) is 0 Å². The lowest BCUT2D eigenvalue weighted by atomic mass is 10.00. The molecule has 0 bridgehead atoms. The Morgan fingerprint density at radius 1 is 1.14 bits per heavy atom. The molecule has 1 aromatic heterocycles. The lowest BCUT2D eigenvalue weighted by molar-refractivity contribution is -0.140. The topological polar surface area (TPSA) is 131 Å². The largest absolute Gasteiger partial charge is 0.396 e. The highest BCUT2D eigenvalue weighted by Gasteiger charge is 2.67. The van der Waals surface area contributed by atoms with E-state index in [1.165, 1.54) is 4.68 Å². The van der Waals surface area contributed by atoms with E-state index in [0.717, 1.165) is 12.0 Å². The second kappa shape index (κ2) is 8.31.